The van der Waals surface area contributed by atoms with Gasteiger partial charge in [0.15, 0.2) is 5.78 Å². The number of Topliss-reactive ketones (excluding diaryl/α,β-unsaturated/α-hetero) is 1. The molecule has 0 saturated heterocycles. The van der Waals surface area contributed by atoms with Gasteiger partial charge in [0.2, 0.25) is 0 Å². The van der Waals surface area contributed by atoms with Crippen molar-refractivity contribution < 1.29 is 9.21 Å². The molecule has 6 rings (SSSR count). The van der Waals surface area contributed by atoms with Gasteiger partial charge in [-0.15, -0.1) is 0 Å². The fraction of sp³-hybridized carbons (Fsp3) is 0.567. The summed E-state index contributed by atoms with van der Waals surface area (Å²) < 4.78 is 6.13. The Morgan fingerprint density at radius 1 is 1.00 bits per heavy atom. The number of rotatable bonds is 2. The fourth-order valence-electron chi connectivity index (χ4n) is 8.49. The van der Waals surface area contributed by atoms with E-state index in [1.807, 2.05) is 42.5 Å². The summed E-state index contributed by atoms with van der Waals surface area (Å²) in [6.07, 6.45) is 13.6. The summed E-state index contributed by atoms with van der Waals surface area (Å²) in [7, 11) is 0. The van der Waals surface area contributed by atoms with Crippen LogP contribution in [0.3, 0.4) is 0 Å². The summed E-state index contributed by atoms with van der Waals surface area (Å²) >= 11 is 6.15. The molecule has 0 aliphatic heterocycles. The largest absolute Gasteiger partial charge is 0.457 e. The first-order chi connectivity index (χ1) is 15.9. The van der Waals surface area contributed by atoms with E-state index in [0.717, 1.165) is 47.3 Å². The zero-order valence-corrected chi connectivity index (χ0v) is 20.7. The third kappa shape index (κ3) is 3.39. The van der Waals surface area contributed by atoms with Gasteiger partial charge in [0, 0.05) is 16.0 Å². The van der Waals surface area contributed by atoms with Gasteiger partial charge in [-0.2, -0.15) is 0 Å². The minimum atomic E-state index is -0.187. The molecule has 4 aliphatic rings. The van der Waals surface area contributed by atoms with Crippen molar-refractivity contribution in [2.24, 2.45) is 34.5 Å². The van der Waals surface area contributed by atoms with E-state index in [1.54, 1.807) is 0 Å². The number of ketones is 1. The van der Waals surface area contributed by atoms with Gasteiger partial charge in [-0.25, -0.2) is 0 Å². The molecule has 4 aliphatic carbocycles. The molecular formula is C30H35ClO2. The van der Waals surface area contributed by atoms with Crippen LogP contribution >= 0.6 is 11.6 Å². The second kappa shape index (κ2) is 7.87. The molecule has 0 bridgehead atoms. The van der Waals surface area contributed by atoms with Crippen molar-refractivity contribution in [3.05, 3.63) is 52.8 Å². The molecule has 0 radical (unpaired) electrons. The van der Waals surface area contributed by atoms with Gasteiger partial charge in [0.05, 0.1) is 0 Å². The summed E-state index contributed by atoms with van der Waals surface area (Å²) in [6, 6.07) is 11.7. The molecule has 33 heavy (non-hydrogen) atoms. The van der Waals surface area contributed by atoms with E-state index in [0.29, 0.717) is 28.1 Å². The highest BCUT2D eigenvalue weighted by atomic mass is 35.5. The maximum Gasteiger partial charge on any atom is 0.165 e. The van der Waals surface area contributed by atoms with Gasteiger partial charge in [-0.1, -0.05) is 50.4 Å². The van der Waals surface area contributed by atoms with Crippen molar-refractivity contribution in [1.82, 2.24) is 0 Å². The molecule has 0 amide bonds. The highest BCUT2D eigenvalue weighted by molar-refractivity contribution is 6.30. The number of halogens is 1. The van der Waals surface area contributed by atoms with Gasteiger partial charge in [0.25, 0.3) is 0 Å². The summed E-state index contributed by atoms with van der Waals surface area (Å²) in [5.74, 6) is 4.87. The summed E-state index contributed by atoms with van der Waals surface area (Å²) in [4.78, 5) is 13.7. The van der Waals surface area contributed by atoms with Gasteiger partial charge in [-0.05, 0) is 110 Å². The Kier molecular flexibility index (Phi) is 5.18. The average molecular weight is 463 g/mol. The molecule has 1 aromatic heterocycles. The average Bonchev–Trinajstić information content (AvgIpc) is 3.37. The standard InChI is InChI=1S/C30H35ClO2/c1-29-14-4-3-7-21(29)9-11-24-25(29)13-15-30(2)26(24)18-20(28(30)32)17-23-10-12-27(33-23)19-6-5-8-22(31)16-19/h5-6,8,10,12,16-17,21,24-26H,3-4,7,9,11,13-15,18H2,1-2H3/b20-17-/t21-,24+,25-,26-,29+,30+/m1/s1. The van der Waals surface area contributed by atoms with Gasteiger partial charge in [0.1, 0.15) is 11.5 Å². The third-order valence-corrected chi connectivity index (χ3v) is 10.5. The maximum absolute atomic E-state index is 13.7. The lowest BCUT2D eigenvalue weighted by molar-refractivity contribution is -0.137. The molecule has 0 unspecified atom stereocenters. The van der Waals surface area contributed by atoms with Crippen molar-refractivity contribution in [2.75, 3.05) is 0 Å². The SMILES string of the molecule is C[C@]12CCCC[C@@H]1CC[C@H]1[C@H]2CC[C@]2(C)C(=O)/C(=C\c3ccc(-c4cccc(Cl)c4)o3)C[C@H]12. The number of furan rings is 1. The number of fused-ring (bicyclic) bond motifs is 5. The van der Waals surface area contributed by atoms with Crippen molar-refractivity contribution in [2.45, 2.75) is 71.6 Å². The lowest BCUT2D eigenvalue weighted by Crippen LogP contribution is -2.52. The van der Waals surface area contributed by atoms with Crippen molar-refractivity contribution in [3.63, 3.8) is 0 Å². The first kappa shape index (κ1) is 21.7. The van der Waals surface area contributed by atoms with Crippen molar-refractivity contribution >= 4 is 23.5 Å². The van der Waals surface area contributed by atoms with Crippen LogP contribution in [0.5, 0.6) is 0 Å². The lowest BCUT2D eigenvalue weighted by atomic mass is 9.45. The molecule has 1 heterocycles. The topological polar surface area (TPSA) is 30.2 Å². The van der Waals surface area contributed by atoms with Crippen LogP contribution in [0.1, 0.15) is 77.4 Å². The minimum Gasteiger partial charge on any atom is -0.457 e. The Bertz CT molecular complexity index is 1110. The molecule has 0 N–H and O–H groups in total. The molecule has 3 heteroatoms. The van der Waals surface area contributed by atoms with Crippen LogP contribution in [0, 0.1) is 34.5 Å². The van der Waals surface area contributed by atoms with Crippen molar-refractivity contribution in [3.8, 4) is 11.3 Å². The van der Waals surface area contributed by atoms with Crippen LogP contribution in [-0.2, 0) is 4.79 Å². The van der Waals surface area contributed by atoms with Crippen LogP contribution in [0.25, 0.3) is 17.4 Å². The number of carbonyl (C=O) groups is 1. The normalized spacial score (nSPS) is 39.2. The first-order valence-electron chi connectivity index (χ1n) is 13.0. The van der Waals surface area contributed by atoms with Crippen LogP contribution in [0.15, 0.2) is 46.4 Å². The first-order valence-corrected chi connectivity index (χ1v) is 13.4. The van der Waals surface area contributed by atoms with Gasteiger partial charge < -0.3 is 4.42 Å². The number of carbonyl (C=O) groups excluding carboxylic acids is 1. The van der Waals surface area contributed by atoms with Gasteiger partial charge in [-0.3, -0.25) is 4.79 Å². The van der Waals surface area contributed by atoms with Crippen LogP contribution < -0.4 is 0 Å². The van der Waals surface area contributed by atoms with Crippen LogP contribution in [0.4, 0.5) is 0 Å². The lowest BCUT2D eigenvalue weighted by Gasteiger charge is -2.59. The predicted octanol–water partition coefficient (Wildman–Crippen LogP) is 8.60. The Labute approximate surface area is 202 Å². The third-order valence-electron chi connectivity index (χ3n) is 10.3. The van der Waals surface area contributed by atoms with E-state index in [4.69, 9.17) is 16.0 Å². The molecular weight excluding hydrogens is 428 g/mol. The zero-order valence-electron chi connectivity index (χ0n) is 19.9. The summed E-state index contributed by atoms with van der Waals surface area (Å²) in [5, 5.41) is 0.697. The smallest absolute Gasteiger partial charge is 0.165 e. The van der Waals surface area contributed by atoms with Crippen molar-refractivity contribution in [1.29, 1.82) is 0 Å². The molecule has 1 aromatic carbocycles. The second-order valence-corrected chi connectivity index (χ2v) is 12.2. The van der Waals surface area contributed by atoms with E-state index < -0.39 is 0 Å². The van der Waals surface area contributed by atoms with E-state index in [2.05, 4.69) is 13.8 Å². The Hall–Kier alpha value is -1.80. The molecule has 2 aromatic rings. The quantitative estimate of drug-likeness (QED) is 0.418. The molecule has 174 valence electrons. The molecule has 4 fully saturated rings. The number of benzene rings is 1. The highest BCUT2D eigenvalue weighted by Gasteiger charge is 2.60. The zero-order chi connectivity index (χ0) is 22.8. The predicted molar refractivity (Wildman–Crippen MR) is 134 cm³/mol. The number of hydrogen-bond acceptors (Lipinski definition) is 2. The van der Waals surface area contributed by atoms with Crippen LogP contribution in [-0.4, -0.2) is 5.78 Å². The fourth-order valence-corrected chi connectivity index (χ4v) is 8.68. The molecule has 4 saturated carbocycles. The Balaban J connectivity index is 1.28. The second-order valence-electron chi connectivity index (χ2n) is 11.8. The summed E-state index contributed by atoms with van der Waals surface area (Å²) in [6.45, 7) is 4.87. The summed E-state index contributed by atoms with van der Waals surface area (Å²) in [5.41, 5.74) is 2.26. The molecule has 2 nitrogen and oxygen atoms in total. The Morgan fingerprint density at radius 2 is 1.88 bits per heavy atom. The van der Waals surface area contributed by atoms with E-state index in [9.17, 15) is 4.79 Å². The van der Waals surface area contributed by atoms with Gasteiger partial charge >= 0.3 is 0 Å². The number of allylic oxidation sites excluding steroid dienone is 1. The van der Waals surface area contributed by atoms with Crippen LogP contribution in [0.2, 0.25) is 5.02 Å². The Morgan fingerprint density at radius 3 is 2.73 bits per heavy atom. The van der Waals surface area contributed by atoms with E-state index in [1.165, 1.54) is 44.9 Å². The highest BCUT2D eigenvalue weighted by Crippen LogP contribution is 2.66. The monoisotopic (exact) mass is 462 g/mol. The minimum absolute atomic E-state index is 0.187. The van der Waals surface area contributed by atoms with E-state index in [-0.39, 0.29) is 5.41 Å². The molecule has 0 spiro atoms. The van der Waals surface area contributed by atoms with E-state index >= 15 is 0 Å². The molecule has 6 atom stereocenters. The number of hydrogen-bond donors (Lipinski definition) is 0. The maximum atomic E-state index is 13.7.